The van der Waals surface area contributed by atoms with Gasteiger partial charge < -0.3 is 14.7 Å². The number of hydrogen-bond donors (Lipinski definition) is 1. The summed E-state index contributed by atoms with van der Waals surface area (Å²) in [7, 11) is 0. The van der Waals surface area contributed by atoms with Crippen molar-refractivity contribution in [1.82, 2.24) is 14.9 Å². The van der Waals surface area contributed by atoms with Gasteiger partial charge in [0, 0.05) is 30.4 Å². The number of hydrogen-bond acceptors (Lipinski definition) is 6. The lowest BCUT2D eigenvalue weighted by molar-refractivity contribution is -0.132. The number of thiazole rings is 1. The van der Waals surface area contributed by atoms with Gasteiger partial charge in [0.05, 0.1) is 25.3 Å². The third kappa shape index (κ3) is 4.52. The molecule has 0 aromatic carbocycles. The van der Waals surface area contributed by atoms with Crippen LogP contribution in [0, 0.1) is 6.92 Å². The van der Waals surface area contributed by atoms with E-state index in [0.717, 1.165) is 30.2 Å². The highest BCUT2D eigenvalue weighted by Crippen LogP contribution is 2.18. The van der Waals surface area contributed by atoms with Gasteiger partial charge in [-0.2, -0.15) is 0 Å². The molecule has 0 spiro atoms. The Morgan fingerprint density at radius 1 is 1.50 bits per heavy atom. The molecule has 1 aliphatic heterocycles. The Morgan fingerprint density at radius 2 is 2.38 bits per heavy atom. The topological polar surface area (TPSA) is 75.5 Å². The zero-order valence-electron chi connectivity index (χ0n) is 13.6. The normalized spacial score (nSPS) is 17.1. The van der Waals surface area contributed by atoms with Crippen LogP contribution in [-0.4, -0.2) is 45.1 Å². The predicted octanol–water partition coefficient (Wildman–Crippen LogP) is 2.30. The highest BCUT2D eigenvalue weighted by atomic mass is 32.1. The molecule has 1 aliphatic rings. The minimum absolute atomic E-state index is 0.00856. The van der Waals surface area contributed by atoms with E-state index in [1.807, 2.05) is 12.3 Å². The number of amides is 1. The summed E-state index contributed by atoms with van der Waals surface area (Å²) in [6, 6.07) is 1.57. The first kappa shape index (κ1) is 16.9. The standard InChI is InChI=1S/C17H21N3O3S/c1-12-11-24-16(19-12)10-20(9-15-3-2-4-23-15)17(22)6-13-5-14(21)8-18-7-13/h5,7-8,11,15,21H,2-4,6,9-10H2,1H3. The van der Waals surface area contributed by atoms with Gasteiger partial charge in [-0.25, -0.2) is 4.98 Å². The van der Waals surface area contributed by atoms with Crippen molar-refractivity contribution < 1.29 is 14.6 Å². The number of carbonyl (C=O) groups is 1. The first-order valence-corrected chi connectivity index (χ1v) is 8.91. The summed E-state index contributed by atoms with van der Waals surface area (Å²) in [5.41, 5.74) is 1.67. The smallest absolute Gasteiger partial charge is 0.227 e. The number of aryl methyl sites for hydroxylation is 1. The predicted molar refractivity (Wildman–Crippen MR) is 90.8 cm³/mol. The van der Waals surface area contributed by atoms with Crippen molar-refractivity contribution in [2.75, 3.05) is 13.2 Å². The minimum atomic E-state index is -0.00856. The number of nitrogens with zero attached hydrogens (tertiary/aromatic N) is 3. The quantitative estimate of drug-likeness (QED) is 0.868. The van der Waals surface area contributed by atoms with Gasteiger partial charge in [-0.15, -0.1) is 11.3 Å². The lowest BCUT2D eigenvalue weighted by Crippen LogP contribution is -2.37. The molecule has 1 atom stereocenters. The van der Waals surface area contributed by atoms with E-state index in [-0.39, 0.29) is 24.2 Å². The molecule has 3 heterocycles. The molecule has 2 aromatic heterocycles. The van der Waals surface area contributed by atoms with Crippen molar-refractivity contribution in [3.05, 3.63) is 40.1 Å². The molecule has 0 radical (unpaired) electrons. The Hall–Kier alpha value is -1.99. The monoisotopic (exact) mass is 347 g/mol. The number of carbonyl (C=O) groups excluding carboxylic acids is 1. The van der Waals surface area contributed by atoms with Gasteiger partial charge in [-0.05, 0) is 31.4 Å². The van der Waals surface area contributed by atoms with E-state index in [1.165, 1.54) is 6.20 Å². The van der Waals surface area contributed by atoms with Crippen molar-refractivity contribution >= 4 is 17.2 Å². The van der Waals surface area contributed by atoms with Gasteiger partial charge in [0.1, 0.15) is 10.8 Å². The average Bonchev–Trinajstić information content (AvgIpc) is 3.18. The van der Waals surface area contributed by atoms with Gasteiger partial charge in [-0.1, -0.05) is 0 Å². The maximum Gasteiger partial charge on any atom is 0.227 e. The molecule has 1 fully saturated rings. The Kier molecular flexibility index (Phi) is 5.42. The molecule has 1 saturated heterocycles. The maximum atomic E-state index is 12.8. The van der Waals surface area contributed by atoms with E-state index in [2.05, 4.69) is 9.97 Å². The molecule has 3 rings (SSSR count). The zero-order valence-corrected chi connectivity index (χ0v) is 14.5. The minimum Gasteiger partial charge on any atom is -0.506 e. The molecular weight excluding hydrogens is 326 g/mol. The third-order valence-corrected chi connectivity index (χ3v) is 4.88. The van der Waals surface area contributed by atoms with E-state index in [4.69, 9.17) is 4.74 Å². The van der Waals surface area contributed by atoms with Crippen LogP contribution < -0.4 is 0 Å². The van der Waals surface area contributed by atoms with Crippen LogP contribution in [0.2, 0.25) is 0 Å². The zero-order chi connectivity index (χ0) is 16.9. The molecule has 2 aromatic rings. The van der Waals surface area contributed by atoms with Crippen LogP contribution in [0.4, 0.5) is 0 Å². The van der Waals surface area contributed by atoms with Gasteiger partial charge >= 0.3 is 0 Å². The number of aromatic hydroxyl groups is 1. The molecule has 7 heteroatoms. The number of rotatable bonds is 6. The molecule has 1 amide bonds. The summed E-state index contributed by atoms with van der Waals surface area (Å²) in [5, 5.41) is 12.4. The van der Waals surface area contributed by atoms with Crippen LogP contribution in [-0.2, 0) is 22.5 Å². The van der Waals surface area contributed by atoms with E-state index < -0.39 is 0 Å². The van der Waals surface area contributed by atoms with Crippen molar-refractivity contribution in [2.45, 2.75) is 38.8 Å². The first-order chi connectivity index (χ1) is 11.6. The fraction of sp³-hybridized carbons (Fsp3) is 0.471. The summed E-state index contributed by atoms with van der Waals surface area (Å²) < 4.78 is 5.68. The van der Waals surface area contributed by atoms with E-state index in [0.29, 0.717) is 18.7 Å². The van der Waals surface area contributed by atoms with E-state index in [1.54, 1.807) is 28.5 Å². The van der Waals surface area contributed by atoms with Gasteiger partial charge in [-0.3, -0.25) is 9.78 Å². The van der Waals surface area contributed by atoms with Crippen LogP contribution in [0.5, 0.6) is 5.75 Å². The molecule has 0 bridgehead atoms. The Balaban J connectivity index is 1.70. The SMILES string of the molecule is Cc1csc(CN(CC2CCCO2)C(=O)Cc2cncc(O)c2)n1. The van der Waals surface area contributed by atoms with Gasteiger partial charge in [0.15, 0.2) is 0 Å². The van der Waals surface area contributed by atoms with Crippen LogP contribution >= 0.6 is 11.3 Å². The highest BCUT2D eigenvalue weighted by Gasteiger charge is 2.23. The molecule has 128 valence electrons. The van der Waals surface area contributed by atoms with Crippen molar-refractivity contribution in [1.29, 1.82) is 0 Å². The largest absolute Gasteiger partial charge is 0.506 e. The highest BCUT2D eigenvalue weighted by molar-refractivity contribution is 7.09. The lowest BCUT2D eigenvalue weighted by atomic mass is 10.1. The van der Waals surface area contributed by atoms with Crippen molar-refractivity contribution in [2.24, 2.45) is 0 Å². The summed E-state index contributed by atoms with van der Waals surface area (Å²) >= 11 is 1.56. The number of ether oxygens (including phenoxy) is 1. The molecule has 6 nitrogen and oxygen atoms in total. The second-order valence-electron chi connectivity index (χ2n) is 6.02. The van der Waals surface area contributed by atoms with E-state index in [9.17, 15) is 9.90 Å². The average molecular weight is 347 g/mol. The molecule has 0 saturated carbocycles. The third-order valence-electron chi connectivity index (χ3n) is 3.93. The van der Waals surface area contributed by atoms with Crippen LogP contribution in [0.1, 0.15) is 29.1 Å². The van der Waals surface area contributed by atoms with Crippen molar-refractivity contribution in [3.8, 4) is 5.75 Å². The van der Waals surface area contributed by atoms with E-state index >= 15 is 0 Å². The van der Waals surface area contributed by atoms with Crippen LogP contribution in [0.15, 0.2) is 23.8 Å². The van der Waals surface area contributed by atoms with Gasteiger partial charge in [0.2, 0.25) is 5.91 Å². The number of aromatic nitrogens is 2. The molecular formula is C17H21N3O3S. The summed E-state index contributed by atoms with van der Waals surface area (Å²) in [4.78, 5) is 23.0. The lowest BCUT2D eigenvalue weighted by Gasteiger charge is -2.24. The Bertz CT molecular complexity index is 698. The second-order valence-corrected chi connectivity index (χ2v) is 6.96. The van der Waals surface area contributed by atoms with Crippen molar-refractivity contribution in [3.63, 3.8) is 0 Å². The van der Waals surface area contributed by atoms with Crippen LogP contribution in [0.3, 0.4) is 0 Å². The molecule has 0 aliphatic carbocycles. The molecule has 1 N–H and O–H groups in total. The fourth-order valence-electron chi connectivity index (χ4n) is 2.78. The summed E-state index contributed by atoms with van der Waals surface area (Å²) in [6.07, 6.45) is 5.29. The molecule has 24 heavy (non-hydrogen) atoms. The van der Waals surface area contributed by atoms with Gasteiger partial charge in [0.25, 0.3) is 0 Å². The summed E-state index contributed by atoms with van der Waals surface area (Å²) in [6.45, 7) is 3.78. The fourth-order valence-corrected chi connectivity index (χ4v) is 3.57. The Morgan fingerprint density at radius 3 is 3.04 bits per heavy atom. The van der Waals surface area contributed by atoms with Crippen LogP contribution in [0.25, 0.3) is 0 Å². The second kappa shape index (κ2) is 7.72. The first-order valence-electron chi connectivity index (χ1n) is 8.03. The Labute approximate surface area is 145 Å². The summed E-state index contributed by atoms with van der Waals surface area (Å²) in [5.74, 6) is 0.0623. The number of pyridine rings is 1. The molecule has 1 unspecified atom stereocenters. The maximum absolute atomic E-state index is 12.8.